The van der Waals surface area contributed by atoms with E-state index in [0.717, 1.165) is 12.0 Å². The van der Waals surface area contributed by atoms with Gasteiger partial charge in [0.2, 0.25) is 5.91 Å². The molecule has 0 spiro atoms. The van der Waals surface area contributed by atoms with Gasteiger partial charge in [0.1, 0.15) is 6.23 Å². The Hall–Kier alpha value is -1.39. The van der Waals surface area contributed by atoms with E-state index >= 15 is 0 Å². The van der Waals surface area contributed by atoms with Crippen LogP contribution in [-0.4, -0.2) is 29.7 Å². The highest BCUT2D eigenvalue weighted by molar-refractivity contribution is 5.78. The Morgan fingerprint density at radius 2 is 2.06 bits per heavy atom. The lowest BCUT2D eigenvalue weighted by Crippen LogP contribution is -2.52. The molecule has 1 aromatic rings. The molecule has 1 aromatic carbocycles. The lowest BCUT2D eigenvalue weighted by atomic mass is 10.0. The van der Waals surface area contributed by atoms with Crippen molar-refractivity contribution >= 4 is 5.91 Å². The fourth-order valence-electron chi connectivity index (χ4n) is 2.67. The minimum absolute atomic E-state index is 0.0278. The first-order valence-corrected chi connectivity index (χ1v) is 6.00. The van der Waals surface area contributed by atoms with Gasteiger partial charge >= 0.3 is 0 Å². The van der Waals surface area contributed by atoms with Gasteiger partial charge < -0.3 is 15.4 Å². The Balaban J connectivity index is 1.91. The molecule has 0 saturated carbocycles. The first-order valence-electron chi connectivity index (χ1n) is 6.00. The average molecular weight is 232 g/mol. The number of nitrogens with zero attached hydrogens (tertiary/aromatic N) is 1. The van der Waals surface area contributed by atoms with E-state index in [2.05, 4.69) is 0 Å². The molecule has 0 bridgehead atoms. The molecule has 0 aliphatic carbocycles. The maximum atomic E-state index is 12.0. The van der Waals surface area contributed by atoms with Gasteiger partial charge in [-0.1, -0.05) is 30.3 Å². The van der Waals surface area contributed by atoms with E-state index in [1.165, 1.54) is 0 Å². The Labute approximate surface area is 100 Å². The molecule has 2 saturated heterocycles. The molecule has 2 fully saturated rings. The monoisotopic (exact) mass is 232 g/mol. The second kappa shape index (κ2) is 4.13. The number of fused-ring (bicyclic) bond motifs is 1. The summed E-state index contributed by atoms with van der Waals surface area (Å²) < 4.78 is 5.69. The zero-order valence-corrected chi connectivity index (χ0v) is 9.58. The lowest BCUT2D eigenvalue weighted by molar-refractivity contribution is -0.143. The summed E-state index contributed by atoms with van der Waals surface area (Å²) >= 11 is 0. The fourth-order valence-corrected chi connectivity index (χ4v) is 2.67. The molecule has 1 amide bonds. The molecule has 17 heavy (non-hydrogen) atoms. The van der Waals surface area contributed by atoms with Gasteiger partial charge in [-0.2, -0.15) is 0 Å². The van der Waals surface area contributed by atoms with Crippen LogP contribution in [0.3, 0.4) is 0 Å². The standard InChI is InChI=1S/C13H16N2O2/c14-10-6-7-12(16)15-11(8-17-13(10)15)9-4-2-1-3-5-9/h1-5,10-11,13H,6-8,14H2/t10-,11-,13+/m0/s1. The molecule has 0 unspecified atom stereocenters. The molecule has 4 heteroatoms. The predicted octanol–water partition coefficient (Wildman–Crippen LogP) is 1.03. The molecule has 0 aromatic heterocycles. The average Bonchev–Trinajstić information content (AvgIpc) is 2.81. The molecule has 2 N–H and O–H groups in total. The van der Waals surface area contributed by atoms with Crippen LogP contribution < -0.4 is 5.73 Å². The van der Waals surface area contributed by atoms with Crippen molar-refractivity contribution in [3.63, 3.8) is 0 Å². The van der Waals surface area contributed by atoms with Crippen LogP contribution in [-0.2, 0) is 9.53 Å². The van der Waals surface area contributed by atoms with Crippen molar-refractivity contribution in [2.75, 3.05) is 6.61 Å². The maximum absolute atomic E-state index is 12.0. The van der Waals surface area contributed by atoms with Crippen LogP contribution in [0.15, 0.2) is 30.3 Å². The van der Waals surface area contributed by atoms with Gasteiger partial charge in [-0.15, -0.1) is 0 Å². The van der Waals surface area contributed by atoms with Gasteiger partial charge in [-0.05, 0) is 12.0 Å². The van der Waals surface area contributed by atoms with E-state index in [4.69, 9.17) is 10.5 Å². The summed E-state index contributed by atoms with van der Waals surface area (Å²) in [6, 6.07) is 9.98. The van der Waals surface area contributed by atoms with E-state index in [0.29, 0.717) is 13.0 Å². The van der Waals surface area contributed by atoms with E-state index in [1.807, 2.05) is 35.2 Å². The number of piperidine rings is 1. The predicted molar refractivity (Wildman–Crippen MR) is 63.0 cm³/mol. The third kappa shape index (κ3) is 1.73. The van der Waals surface area contributed by atoms with Crippen molar-refractivity contribution < 1.29 is 9.53 Å². The number of hydrogen-bond donors (Lipinski definition) is 1. The van der Waals surface area contributed by atoms with Gasteiger partial charge in [0, 0.05) is 6.42 Å². The smallest absolute Gasteiger partial charge is 0.225 e. The fraction of sp³-hybridized carbons (Fsp3) is 0.462. The van der Waals surface area contributed by atoms with Crippen molar-refractivity contribution in [2.45, 2.75) is 31.2 Å². The third-order valence-electron chi connectivity index (χ3n) is 3.56. The highest BCUT2D eigenvalue weighted by atomic mass is 16.5. The van der Waals surface area contributed by atoms with Gasteiger partial charge in [-0.3, -0.25) is 4.79 Å². The van der Waals surface area contributed by atoms with Crippen LogP contribution in [0.25, 0.3) is 0 Å². The highest BCUT2D eigenvalue weighted by Crippen LogP contribution is 2.35. The highest BCUT2D eigenvalue weighted by Gasteiger charge is 2.44. The molecule has 2 aliphatic heterocycles. The van der Waals surface area contributed by atoms with Crippen molar-refractivity contribution in [1.29, 1.82) is 0 Å². The summed E-state index contributed by atoms with van der Waals surface area (Å²) in [6.45, 7) is 0.550. The Bertz CT molecular complexity index is 421. The minimum atomic E-state index is -0.235. The molecule has 2 heterocycles. The lowest BCUT2D eigenvalue weighted by Gasteiger charge is -2.35. The second-order valence-electron chi connectivity index (χ2n) is 4.65. The van der Waals surface area contributed by atoms with Crippen LogP contribution >= 0.6 is 0 Å². The molecule has 3 atom stereocenters. The molecule has 3 rings (SSSR count). The van der Waals surface area contributed by atoms with E-state index in [-0.39, 0.29) is 24.2 Å². The number of amides is 1. The zero-order chi connectivity index (χ0) is 11.8. The van der Waals surface area contributed by atoms with Crippen molar-refractivity contribution in [2.24, 2.45) is 5.73 Å². The number of hydrogen-bond acceptors (Lipinski definition) is 3. The third-order valence-corrected chi connectivity index (χ3v) is 3.56. The Morgan fingerprint density at radius 1 is 1.29 bits per heavy atom. The van der Waals surface area contributed by atoms with Crippen molar-refractivity contribution in [3.05, 3.63) is 35.9 Å². The number of nitrogens with two attached hydrogens (primary N) is 1. The maximum Gasteiger partial charge on any atom is 0.225 e. The molecule has 0 radical (unpaired) electrons. The van der Waals surface area contributed by atoms with Crippen molar-refractivity contribution in [1.82, 2.24) is 4.90 Å². The van der Waals surface area contributed by atoms with E-state index < -0.39 is 0 Å². The summed E-state index contributed by atoms with van der Waals surface area (Å²) in [6.07, 6.45) is 1.02. The summed E-state index contributed by atoms with van der Waals surface area (Å²) in [4.78, 5) is 13.8. The summed E-state index contributed by atoms with van der Waals surface area (Å²) in [5, 5.41) is 0. The van der Waals surface area contributed by atoms with Crippen LogP contribution in [0.2, 0.25) is 0 Å². The van der Waals surface area contributed by atoms with Crippen LogP contribution in [0.4, 0.5) is 0 Å². The quantitative estimate of drug-likeness (QED) is 0.787. The summed E-state index contributed by atoms with van der Waals surface area (Å²) in [5.74, 6) is 0.156. The van der Waals surface area contributed by atoms with Gasteiger partial charge in [-0.25, -0.2) is 0 Å². The molecule has 90 valence electrons. The topological polar surface area (TPSA) is 55.6 Å². The number of carbonyl (C=O) groups is 1. The SMILES string of the molecule is N[C@H]1CCC(=O)N2[C@@H]1OC[C@H]2c1ccccc1. The number of benzene rings is 1. The molecule has 2 aliphatic rings. The summed E-state index contributed by atoms with van der Waals surface area (Å²) in [7, 11) is 0. The van der Waals surface area contributed by atoms with E-state index in [9.17, 15) is 4.79 Å². The molecule has 4 nitrogen and oxygen atoms in total. The van der Waals surface area contributed by atoms with Crippen LogP contribution in [0.5, 0.6) is 0 Å². The number of ether oxygens (including phenoxy) is 1. The Kier molecular flexibility index (Phi) is 2.61. The normalized spacial score (nSPS) is 32.6. The van der Waals surface area contributed by atoms with Crippen molar-refractivity contribution in [3.8, 4) is 0 Å². The van der Waals surface area contributed by atoms with E-state index in [1.54, 1.807) is 0 Å². The molecular weight excluding hydrogens is 216 g/mol. The first kappa shape index (κ1) is 10.7. The first-order chi connectivity index (χ1) is 8.27. The largest absolute Gasteiger partial charge is 0.354 e. The summed E-state index contributed by atoms with van der Waals surface area (Å²) in [5.41, 5.74) is 7.13. The van der Waals surface area contributed by atoms with Gasteiger partial charge in [0.15, 0.2) is 0 Å². The zero-order valence-electron chi connectivity index (χ0n) is 9.58. The van der Waals surface area contributed by atoms with Crippen LogP contribution in [0, 0.1) is 0 Å². The number of carbonyl (C=O) groups excluding carboxylic acids is 1. The van der Waals surface area contributed by atoms with Gasteiger partial charge in [0.25, 0.3) is 0 Å². The minimum Gasteiger partial charge on any atom is -0.354 e. The second-order valence-corrected chi connectivity index (χ2v) is 4.65. The van der Waals surface area contributed by atoms with Gasteiger partial charge in [0.05, 0.1) is 18.7 Å². The molecular formula is C13H16N2O2. The van der Waals surface area contributed by atoms with Crippen LogP contribution in [0.1, 0.15) is 24.4 Å². The number of rotatable bonds is 1. The Morgan fingerprint density at radius 3 is 2.82 bits per heavy atom.